The Kier molecular flexibility index (Phi) is 4.42. The molecule has 1 aromatic heterocycles. The van der Waals surface area contributed by atoms with E-state index in [2.05, 4.69) is 5.32 Å². The maximum atomic E-state index is 12.9. The highest BCUT2D eigenvalue weighted by molar-refractivity contribution is 7.07. The summed E-state index contributed by atoms with van der Waals surface area (Å²) in [6, 6.07) is 1.16. The number of carbonyl (C=O) groups excluding carboxylic acids is 2. The first-order valence-electron chi connectivity index (χ1n) is 7.33. The molecule has 1 fully saturated rings. The summed E-state index contributed by atoms with van der Waals surface area (Å²) in [4.78, 5) is 27.1. The Balaban J connectivity index is 2.33. The molecule has 1 saturated heterocycles. The molecule has 1 aromatic rings. The van der Waals surface area contributed by atoms with Gasteiger partial charge in [0.15, 0.2) is 0 Å². The molecule has 2 amide bonds. The van der Waals surface area contributed by atoms with E-state index in [9.17, 15) is 9.59 Å². The normalized spacial score (nSPS) is 23.6. The SMILES string of the molecule is CC(C)C1C(=O)NC(C(C)(C)C)C(=O)N1Cc1ccsc1. The number of nitrogens with zero attached hydrogens (tertiary/aromatic N) is 1. The maximum absolute atomic E-state index is 12.9. The molecule has 4 nitrogen and oxygen atoms in total. The second-order valence-corrected chi connectivity index (χ2v) is 7.87. The standard InChI is InChI=1S/C16H24N2O2S/c1-10(2)12-14(19)17-13(16(3,4)5)15(20)18(12)8-11-6-7-21-9-11/h6-7,9-10,12-13H,8H2,1-5H3,(H,17,19). The molecule has 21 heavy (non-hydrogen) atoms. The minimum atomic E-state index is -0.460. The second-order valence-electron chi connectivity index (χ2n) is 7.09. The predicted octanol–water partition coefficient (Wildman–Crippen LogP) is 2.65. The number of piperazine rings is 1. The monoisotopic (exact) mass is 308 g/mol. The van der Waals surface area contributed by atoms with E-state index in [-0.39, 0.29) is 23.1 Å². The lowest BCUT2D eigenvalue weighted by molar-refractivity contribution is -0.155. The highest BCUT2D eigenvalue weighted by atomic mass is 32.1. The zero-order chi connectivity index (χ0) is 15.8. The first kappa shape index (κ1) is 16.0. The van der Waals surface area contributed by atoms with Gasteiger partial charge in [-0.2, -0.15) is 11.3 Å². The number of carbonyl (C=O) groups is 2. The van der Waals surface area contributed by atoms with Crippen LogP contribution in [0.15, 0.2) is 16.8 Å². The summed E-state index contributed by atoms with van der Waals surface area (Å²) in [5.41, 5.74) is 0.795. The largest absolute Gasteiger partial charge is 0.342 e. The van der Waals surface area contributed by atoms with Gasteiger partial charge in [-0.15, -0.1) is 0 Å². The molecule has 1 aliphatic rings. The molecule has 5 heteroatoms. The third kappa shape index (κ3) is 3.28. The van der Waals surface area contributed by atoms with Crippen LogP contribution in [0.1, 0.15) is 40.2 Å². The minimum absolute atomic E-state index is 0.0204. The van der Waals surface area contributed by atoms with Gasteiger partial charge < -0.3 is 10.2 Å². The number of amides is 2. The van der Waals surface area contributed by atoms with Crippen molar-refractivity contribution >= 4 is 23.2 Å². The van der Waals surface area contributed by atoms with Crippen LogP contribution in [0.25, 0.3) is 0 Å². The summed E-state index contributed by atoms with van der Waals surface area (Å²) >= 11 is 1.61. The highest BCUT2D eigenvalue weighted by Crippen LogP contribution is 2.28. The first-order valence-corrected chi connectivity index (χ1v) is 8.28. The lowest BCUT2D eigenvalue weighted by atomic mass is 9.82. The Morgan fingerprint density at radius 1 is 1.33 bits per heavy atom. The number of hydrogen-bond acceptors (Lipinski definition) is 3. The number of nitrogens with one attached hydrogen (secondary N) is 1. The van der Waals surface area contributed by atoms with Crippen LogP contribution in [-0.4, -0.2) is 28.8 Å². The Labute approximate surface area is 130 Å². The van der Waals surface area contributed by atoms with Crippen molar-refractivity contribution in [1.29, 1.82) is 0 Å². The van der Waals surface area contributed by atoms with Crippen molar-refractivity contribution in [3.05, 3.63) is 22.4 Å². The van der Waals surface area contributed by atoms with Gasteiger partial charge in [-0.3, -0.25) is 9.59 Å². The molecule has 2 rings (SSSR count). The maximum Gasteiger partial charge on any atom is 0.246 e. The Bertz CT molecular complexity index is 517. The van der Waals surface area contributed by atoms with Gasteiger partial charge in [0.2, 0.25) is 11.8 Å². The molecule has 0 bridgehead atoms. The van der Waals surface area contributed by atoms with Gasteiger partial charge in [0.1, 0.15) is 12.1 Å². The summed E-state index contributed by atoms with van der Waals surface area (Å²) in [5.74, 6) is 0.0697. The van der Waals surface area contributed by atoms with E-state index >= 15 is 0 Å². The van der Waals surface area contributed by atoms with E-state index < -0.39 is 12.1 Å². The van der Waals surface area contributed by atoms with Crippen LogP contribution in [-0.2, 0) is 16.1 Å². The summed E-state index contributed by atoms with van der Waals surface area (Å²) in [6.45, 7) is 10.4. The quantitative estimate of drug-likeness (QED) is 0.933. The molecule has 0 spiro atoms. The number of hydrogen-bond donors (Lipinski definition) is 1. The molecule has 116 valence electrons. The Hall–Kier alpha value is -1.36. The van der Waals surface area contributed by atoms with Gasteiger partial charge in [0, 0.05) is 6.54 Å². The molecule has 0 radical (unpaired) electrons. The molecule has 1 aliphatic heterocycles. The Morgan fingerprint density at radius 2 is 2.00 bits per heavy atom. The van der Waals surface area contributed by atoms with Crippen molar-refractivity contribution in [3.63, 3.8) is 0 Å². The van der Waals surface area contributed by atoms with Gasteiger partial charge in [-0.25, -0.2) is 0 Å². The van der Waals surface area contributed by atoms with Crippen molar-refractivity contribution in [3.8, 4) is 0 Å². The van der Waals surface area contributed by atoms with Crippen LogP contribution >= 0.6 is 11.3 Å². The number of thiophene rings is 1. The molecule has 0 saturated carbocycles. The van der Waals surface area contributed by atoms with E-state index in [1.54, 1.807) is 16.2 Å². The highest BCUT2D eigenvalue weighted by Gasteiger charge is 2.46. The fourth-order valence-corrected chi connectivity index (χ4v) is 3.40. The van der Waals surface area contributed by atoms with E-state index in [0.717, 1.165) is 5.56 Å². The molecule has 2 unspecified atom stereocenters. The lowest BCUT2D eigenvalue weighted by Crippen LogP contribution is -2.67. The molecule has 1 N–H and O–H groups in total. The topological polar surface area (TPSA) is 49.4 Å². The van der Waals surface area contributed by atoms with Crippen molar-refractivity contribution in [2.75, 3.05) is 0 Å². The summed E-state index contributed by atoms with van der Waals surface area (Å²) in [6.07, 6.45) is 0. The third-order valence-corrected chi connectivity index (χ3v) is 4.58. The van der Waals surface area contributed by atoms with Crippen LogP contribution in [0.5, 0.6) is 0 Å². The van der Waals surface area contributed by atoms with Crippen molar-refractivity contribution in [2.24, 2.45) is 11.3 Å². The van der Waals surface area contributed by atoms with Crippen molar-refractivity contribution in [1.82, 2.24) is 10.2 Å². The van der Waals surface area contributed by atoms with Gasteiger partial charge >= 0.3 is 0 Å². The van der Waals surface area contributed by atoms with Crippen LogP contribution in [0.3, 0.4) is 0 Å². The minimum Gasteiger partial charge on any atom is -0.342 e. The van der Waals surface area contributed by atoms with Crippen LogP contribution in [0.2, 0.25) is 0 Å². The van der Waals surface area contributed by atoms with Crippen molar-refractivity contribution in [2.45, 2.75) is 53.2 Å². The Morgan fingerprint density at radius 3 is 2.48 bits per heavy atom. The number of rotatable bonds is 3. The van der Waals surface area contributed by atoms with Crippen LogP contribution in [0, 0.1) is 11.3 Å². The smallest absolute Gasteiger partial charge is 0.246 e. The second kappa shape index (κ2) is 5.79. The summed E-state index contributed by atoms with van der Waals surface area (Å²) in [7, 11) is 0. The zero-order valence-electron chi connectivity index (χ0n) is 13.3. The molecular formula is C16H24N2O2S. The third-order valence-electron chi connectivity index (χ3n) is 3.85. The molecule has 2 atom stereocenters. The summed E-state index contributed by atoms with van der Waals surface area (Å²) < 4.78 is 0. The van der Waals surface area contributed by atoms with Gasteiger partial charge in [-0.1, -0.05) is 34.6 Å². The van der Waals surface area contributed by atoms with Crippen molar-refractivity contribution < 1.29 is 9.59 Å². The van der Waals surface area contributed by atoms with E-state index in [4.69, 9.17) is 0 Å². The molecule has 2 heterocycles. The fourth-order valence-electron chi connectivity index (χ4n) is 2.74. The van der Waals surface area contributed by atoms with E-state index in [1.165, 1.54) is 0 Å². The predicted molar refractivity (Wildman–Crippen MR) is 84.9 cm³/mol. The van der Waals surface area contributed by atoms with Gasteiger partial charge in [-0.05, 0) is 33.7 Å². The summed E-state index contributed by atoms with van der Waals surface area (Å²) in [5, 5.41) is 6.95. The molecule has 0 aliphatic carbocycles. The zero-order valence-corrected chi connectivity index (χ0v) is 14.2. The average Bonchev–Trinajstić information content (AvgIpc) is 2.84. The average molecular weight is 308 g/mol. The van der Waals surface area contributed by atoms with Crippen LogP contribution in [0.4, 0.5) is 0 Å². The van der Waals surface area contributed by atoms with Gasteiger partial charge in [0.05, 0.1) is 0 Å². The first-order chi connectivity index (χ1) is 9.71. The van der Waals surface area contributed by atoms with E-state index in [0.29, 0.717) is 6.54 Å². The fraction of sp³-hybridized carbons (Fsp3) is 0.625. The van der Waals surface area contributed by atoms with E-state index in [1.807, 2.05) is 51.4 Å². The molecule has 0 aromatic carbocycles. The van der Waals surface area contributed by atoms with Gasteiger partial charge in [0.25, 0.3) is 0 Å². The molecular weight excluding hydrogens is 284 g/mol. The lowest BCUT2D eigenvalue weighted by Gasteiger charge is -2.44. The van der Waals surface area contributed by atoms with Crippen LogP contribution < -0.4 is 5.32 Å².